The maximum Gasteiger partial charge on any atom is 0.191 e. The van der Waals surface area contributed by atoms with Crippen LogP contribution in [-0.4, -0.2) is 70.5 Å². The lowest BCUT2D eigenvalue weighted by atomic mass is 10.0. The van der Waals surface area contributed by atoms with Gasteiger partial charge in [-0.1, -0.05) is 12.1 Å². The molecule has 1 aromatic carbocycles. The number of nitrogens with zero attached hydrogens (tertiary/aromatic N) is 2. The summed E-state index contributed by atoms with van der Waals surface area (Å²) in [5, 5.41) is 6.73. The maximum absolute atomic E-state index is 13.4. The van der Waals surface area contributed by atoms with E-state index in [1.807, 2.05) is 12.1 Å². The van der Waals surface area contributed by atoms with Gasteiger partial charge in [0.2, 0.25) is 0 Å². The Kier molecular flexibility index (Phi) is 10.9. The van der Waals surface area contributed by atoms with E-state index in [9.17, 15) is 4.39 Å². The van der Waals surface area contributed by atoms with E-state index in [-0.39, 0.29) is 11.9 Å². The molecule has 0 saturated carbocycles. The van der Waals surface area contributed by atoms with E-state index >= 15 is 0 Å². The van der Waals surface area contributed by atoms with Gasteiger partial charge in [0.25, 0.3) is 0 Å². The number of ether oxygens (including phenoxy) is 2. The van der Waals surface area contributed by atoms with Gasteiger partial charge < -0.3 is 20.1 Å². The molecule has 1 heterocycles. The highest BCUT2D eigenvalue weighted by atomic mass is 19.1. The number of halogens is 1. The molecule has 0 aromatic heterocycles. The summed E-state index contributed by atoms with van der Waals surface area (Å²) >= 11 is 0. The van der Waals surface area contributed by atoms with Gasteiger partial charge in [-0.2, -0.15) is 0 Å². The molecule has 0 radical (unpaired) electrons. The Morgan fingerprint density at radius 1 is 1.18 bits per heavy atom. The van der Waals surface area contributed by atoms with Crippen LogP contribution in [0.15, 0.2) is 29.3 Å². The molecule has 1 fully saturated rings. The summed E-state index contributed by atoms with van der Waals surface area (Å²) in [5.74, 6) is 0.617. The molecule has 7 heteroatoms. The molecule has 0 spiro atoms. The fraction of sp³-hybridized carbons (Fsp3) is 0.667. The minimum absolute atomic E-state index is 0.113. The molecule has 1 atom stereocenters. The predicted octanol–water partition coefficient (Wildman–Crippen LogP) is 2.57. The molecule has 2 N–H and O–H groups in total. The summed E-state index contributed by atoms with van der Waals surface area (Å²) in [5.41, 5.74) is 1.09. The molecule has 1 aromatic rings. The van der Waals surface area contributed by atoms with Crippen LogP contribution in [0.5, 0.6) is 0 Å². The van der Waals surface area contributed by atoms with Gasteiger partial charge in [-0.25, -0.2) is 4.39 Å². The van der Waals surface area contributed by atoms with Crippen LogP contribution in [0.25, 0.3) is 0 Å². The number of guanidine groups is 1. The van der Waals surface area contributed by atoms with Crippen molar-refractivity contribution < 1.29 is 13.9 Å². The molecule has 0 amide bonds. The Hall–Kier alpha value is -1.70. The first-order chi connectivity index (χ1) is 13.7. The zero-order valence-corrected chi connectivity index (χ0v) is 17.3. The molecular weight excluding hydrogens is 359 g/mol. The summed E-state index contributed by atoms with van der Waals surface area (Å²) in [6, 6.07) is 6.88. The molecule has 6 nitrogen and oxygen atoms in total. The van der Waals surface area contributed by atoms with E-state index in [0.29, 0.717) is 6.54 Å². The van der Waals surface area contributed by atoms with E-state index < -0.39 is 0 Å². The maximum atomic E-state index is 13.4. The van der Waals surface area contributed by atoms with Gasteiger partial charge in [0, 0.05) is 39.9 Å². The molecule has 1 saturated heterocycles. The molecule has 1 aliphatic heterocycles. The molecule has 28 heavy (non-hydrogen) atoms. The van der Waals surface area contributed by atoms with Gasteiger partial charge in [0.1, 0.15) is 5.82 Å². The first-order valence-corrected chi connectivity index (χ1v) is 10.3. The van der Waals surface area contributed by atoms with Crippen LogP contribution in [0.4, 0.5) is 4.39 Å². The van der Waals surface area contributed by atoms with Crippen LogP contribution in [0.1, 0.15) is 37.8 Å². The summed E-state index contributed by atoms with van der Waals surface area (Å²) in [4.78, 5) is 7.18. The standard InChI is InChI=1S/C21H35FN4O2/c1-3-23-21(24-11-5-4-6-14-27-2)25-17-20(26-12-15-28-16-13-26)18-7-9-19(22)10-8-18/h7-10,20H,3-6,11-17H2,1-2H3,(H2,23,24,25). The number of benzene rings is 1. The van der Waals surface area contributed by atoms with E-state index in [4.69, 9.17) is 14.5 Å². The normalized spacial score (nSPS) is 16.8. The number of unbranched alkanes of at least 4 members (excludes halogenated alkanes) is 2. The largest absolute Gasteiger partial charge is 0.385 e. The van der Waals surface area contributed by atoms with Crippen LogP contribution in [0.3, 0.4) is 0 Å². The molecule has 158 valence electrons. The van der Waals surface area contributed by atoms with Crippen molar-refractivity contribution in [3.63, 3.8) is 0 Å². The Morgan fingerprint density at radius 3 is 2.61 bits per heavy atom. The van der Waals surface area contributed by atoms with Crippen molar-refractivity contribution in [3.05, 3.63) is 35.6 Å². The summed E-state index contributed by atoms with van der Waals surface area (Å²) in [6.07, 6.45) is 3.29. The minimum Gasteiger partial charge on any atom is -0.385 e. The first-order valence-electron chi connectivity index (χ1n) is 10.3. The lowest BCUT2D eigenvalue weighted by Crippen LogP contribution is -2.42. The molecule has 1 unspecified atom stereocenters. The van der Waals surface area contributed by atoms with E-state index in [1.54, 1.807) is 7.11 Å². The average Bonchev–Trinajstić information content (AvgIpc) is 2.72. The highest BCUT2D eigenvalue weighted by Crippen LogP contribution is 2.22. The fourth-order valence-corrected chi connectivity index (χ4v) is 3.28. The molecule has 0 aliphatic carbocycles. The predicted molar refractivity (Wildman–Crippen MR) is 111 cm³/mol. The van der Waals surface area contributed by atoms with Crippen LogP contribution in [0.2, 0.25) is 0 Å². The van der Waals surface area contributed by atoms with Crippen LogP contribution in [-0.2, 0) is 9.47 Å². The summed E-state index contributed by atoms with van der Waals surface area (Å²) in [7, 11) is 1.74. The zero-order valence-electron chi connectivity index (χ0n) is 17.3. The quantitative estimate of drug-likeness (QED) is 0.343. The smallest absolute Gasteiger partial charge is 0.191 e. The van der Waals surface area contributed by atoms with E-state index in [1.165, 1.54) is 12.1 Å². The van der Waals surface area contributed by atoms with Crippen molar-refractivity contribution >= 4 is 5.96 Å². The number of hydrogen-bond acceptors (Lipinski definition) is 4. The van der Waals surface area contributed by atoms with Gasteiger partial charge in [-0.05, 0) is 43.9 Å². The highest BCUT2D eigenvalue weighted by molar-refractivity contribution is 5.79. The summed E-state index contributed by atoms with van der Waals surface area (Å²) in [6.45, 7) is 8.36. The Balaban J connectivity index is 1.97. The number of methoxy groups -OCH3 is 1. The number of rotatable bonds is 11. The lowest BCUT2D eigenvalue weighted by Gasteiger charge is -2.34. The topological polar surface area (TPSA) is 58.1 Å². The zero-order chi connectivity index (χ0) is 20.0. The monoisotopic (exact) mass is 394 g/mol. The van der Waals surface area contributed by atoms with Crippen molar-refractivity contribution in [2.45, 2.75) is 32.2 Å². The van der Waals surface area contributed by atoms with Crippen molar-refractivity contribution in [1.82, 2.24) is 15.5 Å². The second-order valence-corrected chi connectivity index (χ2v) is 6.92. The van der Waals surface area contributed by atoms with Crippen LogP contribution in [0, 0.1) is 5.82 Å². The van der Waals surface area contributed by atoms with Gasteiger partial charge in [-0.15, -0.1) is 0 Å². The third kappa shape index (κ3) is 8.12. The average molecular weight is 395 g/mol. The summed E-state index contributed by atoms with van der Waals surface area (Å²) < 4.78 is 23.9. The second-order valence-electron chi connectivity index (χ2n) is 6.92. The van der Waals surface area contributed by atoms with Gasteiger partial charge in [0.15, 0.2) is 5.96 Å². The second kappa shape index (κ2) is 13.5. The van der Waals surface area contributed by atoms with Gasteiger partial charge in [-0.3, -0.25) is 9.89 Å². The molecule has 0 bridgehead atoms. The Morgan fingerprint density at radius 2 is 1.93 bits per heavy atom. The van der Waals surface area contributed by atoms with Crippen molar-refractivity contribution in [2.24, 2.45) is 4.99 Å². The van der Waals surface area contributed by atoms with E-state index in [2.05, 4.69) is 22.5 Å². The third-order valence-corrected chi connectivity index (χ3v) is 4.83. The van der Waals surface area contributed by atoms with Crippen LogP contribution >= 0.6 is 0 Å². The number of hydrogen-bond donors (Lipinski definition) is 2. The molecular formula is C21H35FN4O2. The lowest BCUT2D eigenvalue weighted by molar-refractivity contribution is 0.0179. The number of morpholine rings is 1. The number of aliphatic imine (C=N–C) groups is 1. The van der Waals surface area contributed by atoms with Crippen molar-refractivity contribution in [2.75, 3.05) is 59.7 Å². The van der Waals surface area contributed by atoms with Crippen LogP contribution < -0.4 is 10.6 Å². The minimum atomic E-state index is -0.212. The first kappa shape index (κ1) is 22.6. The van der Waals surface area contributed by atoms with Gasteiger partial charge in [0.05, 0.1) is 25.8 Å². The van der Waals surface area contributed by atoms with Gasteiger partial charge >= 0.3 is 0 Å². The van der Waals surface area contributed by atoms with Crippen molar-refractivity contribution in [1.29, 1.82) is 0 Å². The fourth-order valence-electron chi connectivity index (χ4n) is 3.28. The number of nitrogens with one attached hydrogen (secondary N) is 2. The molecule has 1 aliphatic rings. The highest BCUT2D eigenvalue weighted by Gasteiger charge is 2.22. The Bertz CT molecular complexity index is 562. The van der Waals surface area contributed by atoms with Crippen molar-refractivity contribution in [3.8, 4) is 0 Å². The Labute approximate surface area is 168 Å². The SMILES string of the molecule is CCNC(=NCC(c1ccc(F)cc1)N1CCOCC1)NCCCCCOC. The third-order valence-electron chi connectivity index (χ3n) is 4.83. The van der Waals surface area contributed by atoms with E-state index in [0.717, 1.165) is 76.8 Å². The molecule has 2 rings (SSSR count).